The van der Waals surface area contributed by atoms with E-state index in [-0.39, 0.29) is 35.9 Å². The molecule has 2 amide bonds. The van der Waals surface area contributed by atoms with Gasteiger partial charge in [0, 0.05) is 44.3 Å². The number of anilines is 2. The second-order valence-corrected chi connectivity index (χ2v) is 9.63. The van der Waals surface area contributed by atoms with Gasteiger partial charge in [-0.15, -0.1) is 0 Å². The van der Waals surface area contributed by atoms with Gasteiger partial charge in [-0.3, -0.25) is 28.8 Å². The molecule has 10 nitrogen and oxygen atoms in total. The highest BCUT2D eigenvalue weighted by atomic mass is 16.2. The zero-order valence-electron chi connectivity index (χ0n) is 20.9. The summed E-state index contributed by atoms with van der Waals surface area (Å²) < 4.78 is 1.36. The van der Waals surface area contributed by atoms with E-state index in [4.69, 9.17) is 5.73 Å². The number of hydrogen-bond acceptors (Lipinski definition) is 6. The zero-order chi connectivity index (χ0) is 25.7. The molecule has 3 N–H and O–H groups in total. The number of benzene rings is 1. The molecule has 2 heterocycles. The van der Waals surface area contributed by atoms with Crippen LogP contribution in [0.2, 0.25) is 0 Å². The molecule has 4 rings (SSSR count). The summed E-state index contributed by atoms with van der Waals surface area (Å²) in [7, 11) is 0. The number of carbonyl (C=O) groups excluding carboxylic acids is 2. The van der Waals surface area contributed by atoms with E-state index in [0.29, 0.717) is 38.3 Å². The number of nitrogens with one attached hydrogen (secondary N) is 1. The molecule has 36 heavy (non-hydrogen) atoms. The summed E-state index contributed by atoms with van der Waals surface area (Å²) in [6.07, 6.45) is 5.13. The minimum atomic E-state index is -0.622. The molecule has 1 aromatic heterocycles. The first-order chi connectivity index (χ1) is 17.4. The van der Waals surface area contributed by atoms with Crippen LogP contribution >= 0.6 is 0 Å². The van der Waals surface area contributed by atoms with Gasteiger partial charge < -0.3 is 15.5 Å². The van der Waals surface area contributed by atoms with E-state index in [1.807, 2.05) is 30.0 Å². The van der Waals surface area contributed by atoms with Gasteiger partial charge in [0.1, 0.15) is 5.82 Å². The number of piperazine rings is 1. The largest absolute Gasteiger partial charge is 0.383 e. The van der Waals surface area contributed by atoms with Crippen molar-refractivity contribution in [2.45, 2.75) is 58.0 Å². The number of rotatable bonds is 8. The number of aromatic nitrogens is 2. The average molecular weight is 497 g/mol. The molecule has 1 aromatic carbocycles. The Morgan fingerprint density at radius 1 is 1.06 bits per heavy atom. The van der Waals surface area contributed by atoms with Crippen molar-refractivity contribution in [2.75, 3.05) is 43.4 Å². The molecule has 1 saturated heterocycles. The van der Waals surface area contributed by atoms with E-state index < -0.39 is 11.2 Å². The molecule has 194 valence electrons. The van der Waals surface area contributed by atoms with Crippen molar-refractivity contribution < 1.29 is 9.59 Å². The summed E-state index contributed by atoms with van der Waals surface area (Å²) in [4.78, 5) is 59.5. The third-order valence-electron chi connectivity index (χ3n) is 7.19. The quantitative estimate of drug-likeness (QED) is 0.573. The topological polar surface area (TPSA) is 125 Å². The fourth-order valence-electron chi connectivity index (χ4n) is 5.16. The van der Waals surface area contributed by atoms with Crippen molar-refractivity contribution in [1.82, 2.24) is 19.4 Å². The summed E-state index contributed by atoms with van der Waals surface area (Å²) in [5.41, 5.74) is 5.93. The van der Waals surface area contributed by atoms with Gasteiger partial charge in [0.2, 0.25) is 5.91 Å². The number of aromatic amines is 1. The van der Waals surface area contributed by atoms with E-state index in [2.05, 4.69) is 4.98 Å². The number of H-pyrrole nitrogens is 1. The smallest absolute Gasteiger partial charge is 0.330 e. The molecule has 1 saturated carbocycles. The Labute approximate surface area is 210 Å². The Bertz CT molecular complexity index is 1180. The van der Waals surface area contributed by atoms with Crippen LogP contribution in [0, 0.1) is 0 Å². The highest BCUT2D eigenvalue weighted by Crippen LogP contribution is 2.29. The third kappa shape index (κ3) is 5.53. The standard InChI is InChI=1S/C26H36N6O4/c1-2-3-13-31-23(27)22(24(34)28-26(31)36)32(20-11-7-8-12-20)21(33)18-29-14-16-30(17-15-29)25(35)19-9-5-4-6-10-19/h4-6,9-10,20H,2-3,7-8,11-18,27H2,1H3,(H,28,34,36). The number of nitrogens with two attached hydrogens (primary N) is 1. The maximum atomic E-state index is 13.7. The fourth-order valence-corrected chi connectivity index (χ4v) is 5.16. The molecule has 2 fully saturated rings. The van der Waals surface area contributed by atoms with Crippen molar-refractivity contribution >= 4 is 23.3 Å². The highest BCUT2D eigenvalue weighted by molar-refractivity contribution is 5.97. The van der Waals surface area contributed by atoms with Crippen LogP contribution in [0.5, 0.6) is 0 Å². The molecule has 1 aliphatic carbocycles. The van der Waals surface area contributed by atoms with Crippen LogP contribution in [0.1, 0.15) is 55.8 Å². The number of nitrogens with zero attached hydrogens (tertiary/aromatic N) is 4. The van der Waals surface area contributed by atoms with E-state index in [0.717, 1.165) is 38.5 Å². The van der Waals surface area contributed by atoms with Crippen molar-refractivity contribution in [3.05, 3.63) is 56.7 Å². The molecular formula is C26H36N6O4. The zero-order valence-corrected chi connectivity index (χ0v) is 20.9. The Morgan fingerprint density at radius 2 is 1.72 bits per heavy atom. The molecule has 1 aliphatic heterocycles. The van der Waals surface area contributed by atoms with Crippen LogP contribution in [-0.4, -0.2) is 69.9 Å². The summed E-state index contributed by atoms with van der Waals surface area (Å²) >= 11 is 0. The number of amides is 2. The van der Waals surface area contributed by atoms with Crippen LogP contribution < -0.4 is 21.9 Å². The van der Waals surface area contributed by atoms with E-state index in [9.17, 15) is 19.2 Å². The maximum absolute atomic E-state index is 13.7. The fraction of sp³-hybridized carbons (Fsp3) is 0.538. The number of carbonyl (C=O) groups is 2. The van der Waals surface area contributed by atoms with Crippen molar-refractivity contribution in [3.8, 4) is 0 Å². The highest BCUT2D eigenvalue weighted by Gasteiger charge is 2.34. The monoisotopic (exact) mass is 496 g/mol. The molecule has 0 radical (unpaired) electrons. The maximum Gasteiger partial charge on any atom is 0.330 e. The number of unbranched alkanes of at least 4 members (excludes halogenated alkanes) is 1. The van der Waals surface area contributed by atoms with Crippen LogP contribution in [0.3, 0.4) is 0 Å². The van der Waals surface area contributed by atoms with Crippen LogP contribution in [0.25, 0.3) is 0 Å². The van der Waals surface area contributed by atoms with Crippen molar-refractivity contribution in [2.24, 2.45) is 0 Å². The van der Waals surface area contributed by atoms with Gasteiger partial charge in [0.05, 0.1) is 6.54 Å². The summed E-state index contributed by atoms with van der Waals surface area (Å²) in [5.74, 6) is -0.166. The summed E-state index contributed by atoms with van der Waals surface area (Å²) in [6, 6.07) is 9.05. The summed E-state index contributed by atoms with van der Waals surface area (Å²) in [6.45, 7) is 4.68. The predicted octanol–water partition coefficient (Wildman–Crippen LogP) is 1.65. The minimum Gasteiger partial charge on any atom is -0.383 e. The van der Waals surface area contributed by atoms with E-state index >= 15 is 0 Å². The molecule has 0 spiro atoms. The lowest BCUT2D eigenvalue weighted by molar-refractivity contribution is -0.120. The first-order valence-electron chi connectivity index (χ1n) is 12.9. The number of hydrogen-bond donors (Lipinski definition) is 2. The average Bonchev–Trinajstić information content (AvgIpc) is 3.41. The first-order valence-corrected chi connectivity index (χ1v) is 12.9. The lowest BCUT2D eigenvalue weighted by Gasteiger charge is -2.36. The summed E-state index contributed by atoms with van der Waals surface area (Å²) in [5, 5.41) is 0. The SMILES string of the molecule is CCCCn1c(N)c(N(C(=O)CN2CCN(C(=O)c3ccccc3)CC2)C2CCCC2)c(=O)[nH]c1=O. The van der Waals surface area contributed by atoms with Gasteiger partial charge in [-0.2, -0.15) is 0 Å². The van der Waals surface area contributed by atoms with Crippen LogP contribution in [0.4, 0.5) is 11.5 Å². The normalized spacial score (nSPS) is 16.9. The van der Waals surface area contributed by atoms with Gasteiger partial charge in [-0.1, -0.05) is 44.4 Å². The Balaban J connectivity index is 1.51. The molecule has 0 bridgehead atoms. The van der Waals surface area contributed by atoms with Crippen molar-refractivity contribution in [3.63, 3.8) is 0 Å². The molecule has 10 heteroatoms. The lowest BCUT2D eigenvalue weighted by Crippen LogP contribution is -2.53. The Hall–Kier alpha value is -3.40. The van der Waals surface area contributed by atoms with Crippen molar-refractivity contribution in [1.29, 1.82) is 0 Å². The third-order valence-corrected chi connectivity index (χ3v) is 7.19. The van der Waals surface area contributed by atoms with Crippen LogP contribution in [0.15, 0.2) is 39.9 Å². The minimum absolute atomic E-state index is 0.0113. The van der Waals surface area contributed by atoms with Gasteiger partial charge in [-0.25, -0.2) is 4.79 Å². The molecule has 0 unspecified atom stereocenters. The molecule has 0 atom stereocenters. The van der Waals surface area contributed by atoms with Gasteiger partial charge in [-0.05, 0) is 31.4 Å². The molecular weight excluding hydrogens is 460 g/mol. The Morgan fingerprint density at radius 3 is 2.36 bits per heavy atom. The molecule has 2 aliphatic rings. The second-order valence-electron chi connectivity index (χ2n) is 9.63. The van der Waals surface area contributed by atoms with Gasteiger partial charge in [0.15, 0.2) is 5.69 Å². The van der Waals surface area contributed by atoms with E-state index in [1.165, 1.54) is 4.57 Å². The van der Waals surface area contributed by atoms with Gasteiger partial charge >= 0.3 is 5.69 Å². The second kappa shape index (κ2) is 11.6. The Kier molecular flexibility index (Phi) is 8.25. The number of nitrogen functional groups attached to an aromatic ring is 1. The first kappa shape index (κ1) is 25.7. The van der Waals surface area contributed by atoms with Gasteiger partial charge in [0.25, 0.3) is 11.5 Å². The van der Waals surface area contributed by atoms with E-state index in [1.54, 1.807) is 21.9 Å². The lowest BCUT2D eigenvalue weighted by atomic mass is 10.1. The van der Waals surface area contributed by atoms with Crippen LogP contribution in [-0.2, 0) is 11.3 Å². The predicted molar refractivity (Wildman–Crippen MR) is 139 cm³/mol. The molecule has 2 aromatic rings.